The van der Waals surface area contributed by atoms with Crippen LogP contribution in [0.2, 0.25) is 0 Å². The molecule has 1 N–H and O–H groups in total. The molecule has 1 heterocycles. The fourth-order valence-electron chi connectivity index (χ4n) is 2.98. The molecule has 0 saturated carbocycles. The normalized spacial score (nSPS) is 14.7. The van der Waals surface area contributed by atoms with Gasteiger partial charge < -0.3 is 15.1 Å². The summed E-state index contributed by atoms with van der Waals surface area (Å²) >= 11 is 0. The number of urea groups is 1. The second kappa shape index (κ2) is 8.33. The van der Waals surface area contributed by atoms with Crippen LogP contribution < -0.4 is 5.32 Å². The third-order valence-electron chi connectivity index (χ3n) is 4.36. The van der Waals surface area contributed by atoms with E-state index in [4.69, 9.17) is 0 Å². The predicted molar refractivity (Wildman–Crippen MR) is 98.4 cm³/mol. The molecule has 1 aliphatic heterocycles. The van der Waals surface area contributed by atoms with Gasteiger partial charge in [0.15, 0.2) is 0 Å². The van der Waals surface area contributed by atoms with Crippen molar-refractivity contribution in [2.24, 2.45) is 0 Å². The highest BCUT2D eigenvalue weighted by atomic mass is 16.2. The summed E-state index contributed by atoms with van der Waals surface area (Å²) in [5, 5.41) is 2.91. The monoisotopic (exact) mass is 337 g/mol. The first-order chi connectivity index (χ1) is 12.2. The van der Waals surface area contributed by atoms with E-state index in [2.05, 4.69) is 5.32 Å². The van der Waals surface area contributed by atoms with Gasteiger partial charge in [-0.05, 0) is 24.1 Å². The third-order valence-corrected chi connectivity index (χ3v) is 4.36. The van der Waals surface area contributed by atoms with Gasteiger partial charge in [-0.2, -0.15) is 0 Å². The van der Waals surface area contributed by atoms with Crippen LogP contribution >= 0.6 is 0 Å². The Labute approximate surface area is 148 Å². The summed E-state index contributed by atoms with van der Waals surface area (Å²) in [7, 11) is 0. The van der Waals surface area contributed by atoms with Crippen LogP contribution in [0.1, 0.15) is 12.0 Å². The number of hydrogen-bond acceptors (Lipinski definition) is 2. The van der Waals surface area contributed by atoms with E-state index in [1.807, 2.05) is 65.6 Å². The Balaban J connectivity index is 1.53. The van der Waals surface area contributed by atoms with Crippen molar-refractivity contribution in [2.75, 3.05) is 31.5 Å². The molecule has 0 radical (unpaired) electrons. The van der Waals surface area contributed by atoms with Crippen molar-refractivity contribution >= 4 is 17.6 Å². The van der Waals surface area contributed by atoms with Crippen LogP contribution in [-0.4, -0.2) is 47.9 Å². The first-order valence-electron chi connectivity index (χ1n) is 8.65. The van der Waals surface area contributed by atoms with Gasteiger partial charge in [0.1, 0.15) is 0 Å². The molecule has 0 bridgehead atoms. The van der Waals surface area contributed by atoms with Crippen LogP contribution in [0.15, 0.2) is 60.7 Å². The fraction of sp³-hybridized carbons (Fsp3) is 0.300. The molecule has 3 rings (SSSR count). The molecule has 130 valence electrons. The molecule has 0 aromatic heterocycles. The minimum absolute atomic E-state index is 0.108. The van der Waals surface area contributed by atoms with E-state index < -0.39 is 0 Å². The summed E-state index contributed by atoms with van der Waals surface area (Å²) in [6.45, 7) is 2.49. The Morgan fingerprint density at radius 1 is 0.800 bits per heavy atom. The largest absolute Gasteiger partial charge is 0.341 e. The summed E-state index contributed by atoms with van der Waals surface area (Å²) in [4.78, 5) is 28.5. The quantitative estimate of drug-likeness (QED) is 0.936. The molecule has 0 aliphatic carbocycles. The van der Waals surface area contributed by atoms with Crippen LogP contribution in [0.5, 0.6) is 0 Å². The average molecular weight is 337 g/mol. The van der Waals surface area contributed by atoms with Crippen molar-refractivity contribution < 1.29 is 9.59 Å². The van der Waals surface area contributed by atoms with Crippen LogP contribution in [0.3, 0.4) is 0 Å². The molecule has 1 aliphatic rings. The molecule has 2 aromatic rings. The van der Waals surface area contributed by atoms with Crippen LogP contribution in [0.4, 0.5) is 10.5 Å². The third kappa shape index (κ3) is 4.83. The van der Waals surface area contributed by atoms with E-state index >= 15 is 0 Å². The lowest BCUT2D eigenvalue weighted by molar-refractivity contribution is -0.130. The van der Waals surface area contributed by atoms with Gasteiger partial charge in [-0.1, -0.05) is 48.5 Å². The van der Waals surface area contributed by atoms with Crippen molar-refractivity contribution in [3.8, 4) is 0 Å². The highest BCUT2D eigenvalue weighted by Gasteiger charge is 2.22. The molecule has 5 nitrogen and oxygen atoms in total. The molecule has 1 saturated heterocycles. The number of benzene rings is 2. The molecule has 0 spiro atoms. The first-order valence-corrected chi connectivity index (χ1v) is 8.65. The van der Waals surface area contributed by atoms with Crippen molar-refractivity contribution in [3.05, 3.63) is 66.2 Å². The molecule has 2 aromatic carbocycles. The predicted octanol–water partition coefficient (Wildman–Crippen LogP) is 3.00. The molecular formula is C20H23N3O2. The summed E-state index contributed by atoms with van der Waals surface area (Å²) in [6.07, 6.45) is 1.21. The van der Waals surface area contributed by atoms with Crippen LogP contribution in [0.25, 0.3) is 0 Å². The second-order valence-electron chi connectivity index (χ2n) is 6.18. The summed E-state index contributed by atoms with van der Waals surface area (Å²) in [5.41, 5.74) is 1.81. The molecule has 3 amide bonds. The molecule has 1 fully saturated rings. The SMILES string of the molecule is O=C(Cc1ccccc1)N1CCCN(C(=O)Nc2ccccc2)CC1. The number of carbonyl (C=O) groups excluding carboxylic acids is 2. The van der Waals surface area contributed by atoms with E-state index in [1.54, 1.807) is 4.90 Å². The molecule has 25 heavy (non-hydrogen) atoms. The van der Waals surface area contributed by atoms with Gasteiger partial charge in [-0.15, -0.1) is 0 Å². The Morgan fingerprint density at radius 3 is 2.12 bits per heavy atom. The lowest BCUT2D eigenvalue weighted by Gasteiger charge is -2.22. The zero-order valence-electron chi connectivity index (χ0n) is 14.2. The van der Waals surface area contributed by atoms with E-state index in [1.165, 1.54) is 0 Å². The molecule has 5 heteroatoms. The topological polar surface area (TPSA) is 52.7 Å². The maximum absolute atomic E-state index is 12.5. The number of rotatable bonds is 3. The van der Waals surface area contributed by atoms with E-state index in [-0.39, 0.29) is 11.9 Å². The summed E-state index contributed by atoms with van der Waals surface area (Å²) in [6, 6.07) is 19.1. The summed E-state index contributed by atoms with van der Waals surface area (Å²) < 4.78 is 0. The number of nitrogens with zero attached hydrogens (tertiary/aromatic N) is 2. The highest BCUT2D eigenvalue weighted by Crippen LogP contribution is 2.10. The smallest absolute Gasteiger partial charge is 0.321 e. The maximum Gasteiger partial charge on any atom is 0.321 e. The zero-order chi connectivity index (χ0) is 17.5. The van der Waals surface area contributed by atoms with Gasteiger partial charge >= 0.3 is 6.03 Å². The number of amides is 3. The minimum Gasteiger partial charge on any atom is -0.341 e. The number of anilines is 1. The van der Waals surface area contributed by atoms with Gasteiger partial charge in [0, 0.05) is 31.9 Å². The van der Waals surface area contributed by atoms with Gasteiger partial charge in [0.25, 0.3) is 0 Å². The average Bonchev–Trinajstić information content (AvgIpc) is 2.90. The number of hydrogen-bond donors (Lipinski definition) is 1. The lowest BCUT2D eigenvalue weighted by atomic mass is 10.1. The Bertz CT molecular complexity index is 642. The number of para-hydroxylation sites is 1. The maximum atomic E-state index is 12.5. The van der Waals surface area contributed by atoms with Crippen LogP contribution in [0, 0.1) is 0 Å². The number of carbonyl (C=O) groups is 2. The zero-order valence-corrected chi connectivity index (χ0v) is 14.2. The van der Waals surface area contributed by atoms with Gasteiger partial charge in [0.05, 0.1) is 6.42 Å². The molecule has 0 atom stereocenters. The van der Waals surface area contributed by atoms with Crippen molar-refractivity contribution in [3.63, 3.8) is 0 Å². The molecular weight excluding hydrogens is 314 g/mol. The Kier molecular flexibility index (Phi) is 5.67. The van der Waals surface area contributed by atoms with Crippen LogP contribution in [-0.2, 0) is 11.2 Å². The Morgan fingerprint density at radius 2 is 1.40 bits per heavy atom. The minimum atomic E-state index is -0.108. The van der Waals surface area contributed by atoms with E-state index in [0.717, 1.165) is 17.7 Å². The van der Waals surface area contributed by atoms with Gasteiger partial charge in [-0.3, -0.25) is 4.79 Å². The molecule has 0 unspecified atom stereocenters. The van der Waals surface area contributed by atoms with Crippen molar-refractivity contribution in [2.45, 2.75) is 12.8 Å². The van der Waals surface area contributed by atoms with Crippen molar-refractivity contribution in [1.82, 2.24) is 9.80 Å². The van der Waals surface area contributed by atoms with Crippen molar-refractivity contribution in [1.29, 1.82) is 0 Å². The second-order valence-corrected chi connectivity index (χ2v) is 6.18. The first kappa shape index (κ1) is 17.0. The van der Waals surface area contributed by atoms with Gasteiger partial charge in [-0.25, -0.2) is 4.79 Å². The Hall–Kier alpha value is -2.82. The number of nitrogens with one attached hydrogen (secondary N) is 1. The van der Waals surface area contributed by atoms with E-state index in [0.29, 0.717) is 32.6 Å². The summed E-state index contributed by atoms with van der Waals surface area (Å²) in [5.74, 6) is 0.122. The fourth-order valence-corrected chi connectivity index (χ4v) is 2.98. The van der Waals surface area contributed by atoms with Gasteiger partial charge in [0.2, 0.25) is 5.91 Å². The lowest BCUT2D eigenvalue weighted by Crippen LogP contribution is -2.39. The standard InChI is InChI=1S/C20H23N3O2/c24-19(16-17-8-3-1-4-9-17)22-12-7-13-23(15-14-22)20(25)21-18-10-5-2-6-11-18/h1-6,8-11H,7,12-16H2,(H,21,25). The highest BCUT2D eigenvalue weighted by molar-refractivity contribution is 5.89. The van der Waals surface area contributed by atoms with E-state index in [9.17, 15) is 9.59 Å².